The lowest BCUT2D eigenvalue weighted by Crippen LogP contribution is -1.96. The molecule has 0 aliphatic rings. The summed E-state index contributed by atoms with van der Waals surface area (Å²) in [4.78, 5) is 0. The predicted molar refractivity (Wildman–Crippen MR) is 71.5 cm³/mol. The molecule has 2 N–H and O–H groups in total. The summed E-state index contributed by atoms with van der Waals surface area (Å²) >= 11 is 3.05. The third-order valence-corrected chi connectivity index (χ3v) is 3.01. The summed E-state index contributed by atoms with van der Waals surface area (Å²) in [5, 5.41) is 0. The van der Waals surface area contributed by atoms with E-state index in [0.717, 1.165) is 6.07 Å². The van der Waals surface area contributed by atoms with Crippen LogP contribution in [0.25, 0.3) is 0 Å². The van der Waals surface area contributed by atoms with Crippen molar-refractivity contribution in [3.63, 3.8) is 0 Å². The minimum absolute atomic E-state index is 0.0189. The number of benzene rings is 2. The zero-order valence-corrected chi connectivity index (χ0v) is 11.5. The Morgan fingerprint density at radius 2 is 1.79 bits per heavy atom. The molecule has 0 atom stereocenters. The fourth-order valence-corrected chi connectivity index (χ4v) is 1.82. The van der Waals surface area contributed by atoms with Gasteiger partial charge in [-0.1, -0.05) is 0 Å². The molecule has 2 aromatic rings. The predicted octanol–water partition coefficient (Wildman–Crippen LogP) is 4.11. The van der Waals surface area contributed by atoms with Gasteiger partial charge in [0.15, 0.2) is 17.3 Å². The second kappa shape index (κ2) is 5.44. The van der Waals surface area contributed by atoms with Crippen LogP contribution in [0.4, 0.5) is 14.5 Å². The molecule has 0 radical (unpaired) electrons. The molecular weight excluding hydrogens is 320 g/mol. The van der Waals surface area contributed by atoms with Crippen LogP contribution in [0, 0.1) is 11.6 Å². The maximum atomic E-state index is 13.4. The van der Waals surface area contributed by atoms with E-state index in [1.54, 1.807) is 0 Å². The highest BCUT2D eigenvalue weighted by atomic mass is 79.9. The van der Waals surface area contributed by atoms with Crippen LogP contribution in [0.3, 0.4) is 0 Å². The number of nitrogen functional groups attached to an aromatic ring is 1. The molecule has 0 saturated carbocycles. The molecule has 100 valence electrons. The smallest absolute Gasteiger partial charge is 0.167 e. The molecule has 0 unspecified atom stereocenters. The second-order valence-electron chi connectivity index (χ2n) is 3.70. The quantitative estimate of drug-likeness (QED) is 0.862. The molecule has 0 amide bonds. The Morgan fingerprint density at radius 1 is 1.05 bits per heavy atom. The molecule has 2 rings (SSSR count). The highest BCUT2D eigenvalue weighted by Gasteiger charge is 2.11. The van der Waals surface area contributed by atoms with Crippen LogP contribution < -0.4 is 15.2 Å². The first-order valence-electron chi connectivity index (χ1n) is 5.27. The summed E-state index contributed by atoms with van der Waals surface area (Å²) in [5.74, 6) is -0.361. The van der Waals surface area contributed by atoms with E-state index >= 15 is 0 Å². The number of ether oxygens (including phenoxy) is 2. The Morgan fingerprint density at radius 3 is 2.42 bits per heavy atom. The summed E-state index contributed by atoms with van der Waals surface area (Å²) < 4.78 is 37.0. The largest absolute Gasteiger partial charge is 0.494 e. The van der Waals surface area contributed by atoms with Crippen molar-refractivity contribution in [2.24, 2.45) is 0 Å². The Bertz CT molecular complexity index is 620. The van der Waals surface area contributed by atoms with Gasteiger partial charge < -0.3 is 15.2 Å². The van der Waals surface area contributed by atoms with Crippen molar-refractivity contribution < 1.29 is 18.3 Å². The maximum absolute atomic E-state index is 13.4. The average molecular weight is 330 g/mol. The summed E-state index contributed by atoms with van der Waals surface area (Å²) in [7, 11) is 1.34. The molecule has 0 aliphatic heterocycles. The van der Waals surface area contributed by atoms with Gasteiger partial charge in [-0.05, 0) is 34.1 Å². The Balaban J connectivity index is 2.34. The van der Waals surface area contributed by atoms with Gasteiger partial charge in [0.05, 0.1) is 17.3 Å². The number of methoxy groups -OCH3 is 1. The minimum Gasteiger partial charge on any atom is -0.494 e. The van der Waals surface area contributed by atoms with E-state index in [9.17, 15) is 8.78 Å². The van der Waals surface area contributed by atoms with Crippen LogP contribution in [0.15, 0.2) is 34.8 Å². The maximum Gasteiger partial charge on any atom is 0.167 e. The van der Waals surface area contributed by atoms with Crippen molar-refractivity contribution in [1.82, 2.24) is 0 Å². The molecule has 0 fully saturated rings. The van der Waals surface area contributed by atoms with E-state index in [1.807, 2.05) is 0 Å². The zero-order valence-electron chi connectivity index (χ0n) is 9.91. The first kappa shape index (κ1) is 13.6. The molecule has 0 aromatic heterocycles. The molecule has 2 aromatic carbocycles. The lowest BCUT2D eigenvalue weighted by atomic mass is 10.2. The topological polar surface area (TPSA) is 44.5 Å². The highest BCUT2D eigenvalue weighted by Crippen LogP contribution is 2.34. The first-order valence-corrected chi connectivity index (χ1v) is 6.06. The average Bonchev–Trinajstić information content (AvgIpc) is 2.37. The second-order valence-corrected chi connectivity index (χ2v) is 4.56. The fourth-order valence-electron chi connectivity index (χ4n) is 1.46. The standard InChI is InChI=1S/C13H10BrF2NO2/c1-18-12-6-13(11(17)5-10(12)16)19-7-2-3-9(15)8(14)4-7/h2-6H,17H2,1H3. The van der Waals surface area contributed by atoms with Crippen LogP contribution in [0.2, 0.25) is 0 Å². The van der Waals surface area contributed by atoms with Gasteiger partial charge in [-0.2, -0.15) is 0 Å². The van der Waals surface area contributed by atoms with Crippen molar-refractivity contribution in [3.05, 3.63) is 46.4 Å². The molecule has 0 spiro atoms. The van der Waals surface area contributed by atoms with Crippen LogP contribution in [0.5, 0.6) is 17.2 Å². The van der Waals surface area contributed by atoms with Crippen molar-refractivity contribution in [2.75, 3.05) is 12.8 Å². The number of hydrogen-bond donors (Lipinski definition) is 1. The summed E-state index contributed by atoms with van der Waals surface area (Å²) in [6.07, 6.45) is 0. The molecule has 0 heterocycles. The highest BCUT2D eigenvalue weighted by molar-refractivity contribution is 9.10. The van der Waals surface area contributed by atoms with E-state index in [-0.39, 0.29) is 21.7 Å². The third kappa shape index (κ3) is 2.96. The summed E-state index contributed by atoms with van der Waals surface area (Å²) in [6, 6.07) is 6.57. The SMILES string of the molecule is COc1cc(Oc2ccc(F)c(Br)c2)c(N)cc1F. The molecule has 0 aliphatic carbocycles. The van der Waals surface area contributed by atoms with Gasteiger partial charge in [-0.3, -0.25) is 0 Å². The number of halogens is 3. The summed E-state index contributed by atoms with van der Waals surface area (Å²) in [6.45, 7) is 0. The number of rotatable bonds is 3. The lowest BCUT2D eigenvalue weighted by molar-refractivity contribution is 0.382. The number of anilines is 1. The van der Waals surface area contributed by atoms with E-state index in [1.165, 1.54) is 31.4 Å². The van der Waals surface area contributed by atoms with Crippen LogP contribution in [-0.2, 0) is 0 Å². The van der Waals surface area contributed by atoms with Gasteiger partial charge in [0.2, 0.25) is 0 Å². The van der Waals surface area contributed by atoms with Crippen molar-refractivity contribution in [1.29, 1.82) is 0 Å². The lowest BCUT2D eigenvalue weighted by Gasteiger charge is -2.11. The van der Waals surface area contributed by atoms with Crippen LogP contribution in [0.1, 0.15) is 0 Å². The van der Waals surface area contributed by atoms with Gasteiger partial charge in [-0.15, -0.1) is 0 Å². The van der Waals surface area contributed by atoms with Gasteiger partial charge in [0.25, 0.3) is 0 Å². The van der Waals surface area contributed by atoms with Crippen molar-refractivity contribution in [2.45, 2.75) is 0 Å². The van der Waals surface area contributed by atoms with Crippen LogP contribution >= 0.6 is 15.9 Å². The van der Waals surface area contributed by atoms with Gasteiger partial charge in [0, 0.05) is 12.1 Å². The number of nitrogens with two attached hydrogens (primary N) is 1. The molecule has 19 heavy (non-hydrogen) atoms. The van der Waals surface area contributed by atoms with Crippen molar-refractivity contribution in [3.8, 4) is 17.2 Å². The van der Waals surface area contributed by atoms with E-state index in [2.05, 4.69) is 15.9 Å². The molecule has 0 saturated heterocycles. The molecule has 0 bridgehead atoms. The van der Waals surface area contributed by atoms with Gasteiger partial charge in [-0.25, -0.2) is 8.78 Å². The third-order valence-electron chi connectivity index (χ3n) is 2.40. The Hall–Kier alpha value is -1.82. The van der Waals surface area contributed by atoms with E-state index in [0.29, 0.717) is 5.75 Å². The molecule has 6 heteroatoms. The van der Waals surface area contributed by atoms with E-state index < -0.39 is 11.6 Å². The van der Waals surface area contributed by atoms with Gasteiger partial charge >= 0.3 is 0 Å². The molecule has 3 nitrogen and oxygen atoms in total. The Labute approximate surface area is 117 Å². The summed E-state index contributed by atoms with van der Waals surface area (Å²) in [5.41, 5.74) is 5.78. The number of hydrogen-bond acceptors (Lipinski definition) is 3. The monoisotopic (exact) mass is 329 g/mol. The fraction of sp³-hybridized carbons (Fsp3) is 0.0769. The minimum atomic E-state index is -0.576. The zero-order chi connectivity index (χ0) is 14.0. The van der Waals surface area contributed by atoms with E-state index in [4.69, 9.17) is 15.2 Å². The molecular formula is C13H10BrF2NO2. The van der Waals surface area contributed by atoms with Crippen LogP contribution in [-0.4, -0.2) is 7.11 Å². The van der Waals surface area contributed by atoms with Gasteiger partial charge in [0.1, 0.15) is 11.6 Å². The normalized spacial score (nSPS) is 10.3. The Kier molecular flexibility index (Phi) is 3.90. The van der Waals surface area contributed by atoms with Crippen molar-refractivity contribution >= 4 is 21.6 Å². The first-order chi connectivity index (χ1) is 9.01.